The molecule has 1 N–H and O–H groups in total. The van der Waals surface area contributed by atoms with Gasteiger partial charge in [0.15, 0.2) is 0 Å². The van der Waals surface area contributed by atoms with Gasteiger partial charge in [-0.1, -0.05) is 11.3 Å². The van der Waals surface area contributed by atoms with Crippen LogP contribution in [0.1, 0.15) is 43.2 Å². The number of carbonyl (C=O) groups is 2. The van der Waals surface area contributed by atoms with Gasteiger partial charge in [0.25, 0.3) is 5.91 Å². The van der Waals surface area contributed by atoms with E-state index in [0.29, 0.717) is 11.3 Å². The number of carboxylic acid groups (broad SMARTS) is 1. The van der Waals surface area contributed by atoms with Crippen molar-refractivity contribution in [2.45, 2.75) is 44.4 Å². The third-order valence-electron chi connectivity index (χ3n) is 6.24. The number of rotatable bonds is 6. The molecule has 0 aliphatic carbocycles. The molecule has 9 nitrogen and oxygen atoms in total. The number of benzene rings is 1. The molecule has 1 fully saturated rings. The summed E-state index contributed by atoms with van der Waals surface area (Å²) in [6.07, 6.45) is 1.77. The first kappa shape index (κ1) is 21.9. The molecule has 0 bridgehead atoms. The van der Waals surface area contributed by atoms with Crippen molar-refractivity contribution in [3.63, 3.8) is 0 Å². The zero-order valence-electron chi connectivity index (χ0n) is 18.3. The zero-order valence-corrected chi connectivity index (χ0v) is 18.3. The van der Waals surface area contributed by atoms with E-state index in [-0.39, 0.29) is 30.5 Å². The molecule has 3 rings (SSSR count). The third-order valence-corrected chi connectivity index (χ3v) is 6.24. The summed E-state index contributed by atoms with van der Waals surface area (Å²) < 4.78 is 6.96. The van der Waals surface area contributed by atoms with Crippen molar-refractivity contribution in [3.05, 3.63) is 41.7 Å². The standard InChI is InChI=1S/C21H29N5O4/c1-20(2,24(4)5)17-13-26(23-22-17)15-9-7-8-14(10-15)18(27)25-12-16(30-6)11-21(25,3)19(28)29/h7-10,13,16H,11-12H2,1-6H3,(H,28,29). The van der Waals surface area contributed by atoms with E-state index in [0.717, 1.165) is 5.69 Å². The summed E-state index contributed by atoms with van der Waals surface area (Å²) in [5.41, 5.74) is 0.239. The Morgan fingerprint density at radius 2 is 2.03 bits per heavy atom. The Morgan fingerprint density at radius 1 is 1.33 bits per heavy atom. The number of ether oxygens (including phenoxy) is 1. The maximum Gasteiger partial charge on any atom is 0.329 e. The molecule has 2 aromatic rings. The monoisotopic (exact) mass is 415 g/mol. The lowest BCUT2D eigenvalue weighted by molar-refractivity contribution is -0.147. The lowest BCUT2D eigenvalue weighted by atomic mass is 9.97. The molecular formula is C21H29N5O4. The fourth-order valence-electron chi connectivity index (χ4n) is 3.53. The second kappa shape index (κ2) is 7.81. The van der Waals surface area contributed by atoms with Gasteiger partial charge in [0.05, 0.1) is 23.5 Å². The number of aromatic nitrogens is 3. The topological polar surface area (TPSA) is 101 Å². The molecule has 2 atom stereocenters. The summed E-state index contributed by atoms with van der Waals surface area (Å²) >= 11 is 0. The van der Waals surface area contributed by atoms with E-state index in [9.17, 15) is 14.7 Å². The Balaban J connectivity index is 1.92. The van der Waals surface area contributed by atoms with Crippen LogP contribution in [0.2, 0.25) is 0 Å². The van der Waals surface area contributed by atoms with Crippen molar-refractivity contribution in [1.82, 2.24) is 24.8 Å². The number of nitrogens with zero attached hydrogens (tertiary/aromatic N) is 5. The molecule has 0 radical (unpaired) electrons. The molecule has 2 unspecified atom stereocenters. The number of carbonyl (C=O) groups excluding carboxylic acids is 1. The van der Waals surface area contributed by atoms with Crippen molar-refractivity contribution in [1.29, 1.82) is 0 Å². The molecule has 2 heterocycles. The summed E-state index contributed by atoms with van der Waals surface area (Å²) in [5, 5.41) is 18.2. The van der Waals surface area contributed by atoms with Crippen LogP contribution in [0, 0.1) is 0 Å². The van der Waals surface area contributed by atoms with Crippen LogP contribution in [0.3, 0.4) is 0 Å². The average Bonchev–Trinajstić information content (AvgIpc) is 3.33. The molecular weight excluding hydrogens is 386 g/mol. The van der Waals surface area contributed by atoms with Crippen LogP contribution in [-0.2, 0) is 15.1 Å². The van der Waals surface area contributed by atoms with E-state index in [4.69, 9.17) is 4.74 Å². The van der Waals surface area contributed by atoms with Crippen molar-refractivity contribution in [2.75, 3.05) is 27.7 Å². The molecule has 1 aromatic carbocycles. The van der Waals surface area contributed by atoms with E-state index in [1.54, 1.807) is 29.8 Å². The van der Waals surface area contributed by atoms with Crippen molar-refractivity contribution >= 4 is 11.9 Å². The number of methoxy groups -OCH3 is 1. The Morgan fingerprint density at radius 3 is 2.63 bits per heavy atom. The minimum atomic E-state index is -1.32. The second-order valence-corrected chi connectivity index (χ2v) is 8.61. The van der Waals surface area contributed by atoms with Gasteiger partial charge in [-0.05, 0) is 53.1 Å². The zero-order chi connectivity index (χ0) is 22.3. The van der Waals surface area contributed by atoms with E-state index < -0.39 is 11.5 Å². The van der Waals surface area contributed by atoms with Gasteiger partial charge in [-0.2, -0.15) is 0 Å². The predicted molar refractivity (Wildman–Crippen MR) is 111 cm³/mol. The first-order valence-corrected chi connectivity index (χ1v) is 9.79. The number of amides is 1. The van der Waals surface area contributed by atoms with Crippen LogP contribution in [0.15, 0.2) is 30.5 Å². The molecule has 30 heavy (non-hydrogen) atoms. The fraction of sp³-hybridized carbons (Fsp3) is 0.524. The highest BCUT2D eigenvalue weighted by Crippen LogP contribution is 2.33. The lowest BCUT2D eigenvalue weighted by Crippen LogP contribution is -2.50. The number of aliphatic carboxylic acids is 1. The first-order valence-electron chi connectivity index (χ1n) is 9.79. The van der Waals surface area contributed by atoms with Gasteiger partial charge in [-0.3, -0.25) is 9.69 Å². The summed E-state index contributed by atoms with van der Waals surface area (Å²) in [6.45, 7) is 5.89. The summed E-state index contributed by atoms with van der Waals surface area (Å²) in [7, 11) is 5.47. The summed E-state index contributed by atoms with van der Waals surface area (Å²) in [5.74, 6) is -1.39. The number of hydrogen-bond acceptors (Lipinski definition) is 6. The number of likely N-dealkylation sites (tertiary alicyclic amines) is 1. The summed E-state index contributed by atoms with van der Waals surface area (Å²) in [6, 6.07) is 6.96. The Bertz CT molecular complexity index is 954. The molecule has 1 aromatic heterocycles. The molecule has 1 amide bonds. The van der Waals surface area contributed by atoms with Crippen LogP contribution in [0.25, 0.3) is 5.69 Å². The predicted octanol–water partition coefficient (Wildman–Crippen LogP) is 1.77. The van der Waals surface area contributed by atoms with Crippen LogP contribution in [0.5, 0.6) is 0 Å². The van der Waals surface area contributed by atoms with Crippen LogP contribution in [0.4, 0.5) is 0 Å². The molecule has 1 aliphatic rings. The number of hydrogen-bond donors (Lipinski definition) is 1. The van der Waals surface area contributed by atoms with Crippen LogP contribution >= 0.6 is 0 Å². The normalized spacial score (nSPS) is 22.0. The van der Waals surface area contributed by atoms with Crippen molar-refractivity contribution in [3.8, 4) is 5.69 Å². The van der Waals surface area contributed by atoms with Gasteiger partial charge in [-0.25, -0.2) is 9.48 Å². The van der Waals surface area contributed by atoms with Gasteiger partial charge in [0.1, 0.15) is 11.2 Å². The molecule has 0 saturated carbocycles. The van der Waals surface area contributed by atoms with E-state index in [1.165, 1.54) is 12.0 Å². The molecule has 1 aliphatic heterocycles. The van der Waals surface area contributed by atoms with Gasteiger partial charge >= 0.3 is 5.97 Å². The maximum absolute atomic E-state index is 13.2. The highest BCUT2D eigenvalue weighted by molar-refractivity contribution is 5.98. The molecule has 162 valence electrons. The lowest BCUT2D eigenvalue weighted by Gasteiger charge is -2.31. The quantitative estimate of drug-likeness (QED) is 0.767. The van der Waals surface area contributed by atoms with Crippen LogP contribution < -0.4 is 0 Å². The minimum absolute atomic E-state index is 0.229. The molecule has 9 heteroatoms. The SMILES string of the molecule is COC1CN(C(=O)c2cccc(-n3cc(C(C)(C)N(C)C)nn3)c2)C(C)(C(=O)O)C1. The smallest absolute Gasteiger partial charge is 0.329 e. The highest BCUT2D eigenvalue weighted by atomic mass is 16.5. The second-order valence-electron chi connectivity index (χ2n) is 8.61. The first-order chi connectivity index (χ1) is 14.0. The van der Waals surface area contributed by atoms with Crippen molar-refractivity contribution in [2.24, 2.45) is 0 Å². The Kier molecular flexibility index (Phi) is 5.70. The number of carboxylic acids is 1. The van der Waals surface area contributed by atoms with E-state index >= 15 is 0 Å². The Labute approximate surface area is 176 Å². The van der Waals surface area contributed by atoms with Gasteiger partial charge in [-0.15, -0.1) is 5.10 Å². The average molecular weight is 415 g/mol. The van der Waals surface area contributed by atoms with Gasteiger partial charge in [0.2, 0.25) is 0 Å². The molecule has 1 saturated heterocycles. The van der Waals surface area contributed by atoms with E-state index in [2.05, 4.69) is 10.3 Å². The Hall–Kier alpha value is -2.78. The summed E-state index contributed by atoms with van der Waals surface area (Å²) in [4.78, 5) is 28.5. The largest absolute Gasteiger partial charge is 0.480 e. The maximum atomic E-state index is 13.2. The minimum Gasteiger partial charge on any atom is -0.480 e. The van der Waals surface area contributed by atoms with Crippen molar-refractivity contribution < 1.29 is 19.4 Å². The van der Waals surface area contributed by atoms with Gasteiger partial charge in [0, 0.05) is 25.6 Å². The third kappa shape index (κ3) is 3.70. The highest BCUT2D eigenvalue weighted by Gasteiger charge is 2.50. The van der Waals surface area contributed by atoms with E-state index in [1.807, 2.05) is 45.1 Å². The van der Waals surface area contributed by atoms with Crippen LogP contribution in [-0.4, -0.2) is 81.2 Å². The molecule has 0 spiro atoms. The fourth-order valence-corrected chi connectivity index (χ4v) is 3.53. The van der Waals surface area contributed by atoms with Gasteiger partial charge < -0.3 is 14.7 Å².